The Bertz CT molecular complexity index is 491. The summed E-state index contributed by atoms with van der Waals surface area (Å²) in [6, 6.07) is 9.43. The first-order chi connectivity index (χ1) is 8.79. The van der Waals surface area contributed by atoms with Gasteiger partial charge in [-0.15, -0.1) is 0 Å². The van der Waals surface area contributed by atoms with E-state index in [-0.39, 0.29) is 5.97 Å². The fourth-order valence-corrected chi connectivity index (χ4v) is 2.33. The van der Waals surface area contributed by atoms with Gasteiger partial charge in [-0.3, -0.25) is 0 Å². The van der Waals surface area contributed by atoms with Gasteiger partial charge in [-0.25, -0.2) is 4.79 Å². The first-order valence-corrected chi connectivity index (χ1v) is 6.67. The largest absolute Gasteiger partial charge is 0.465 e. The molecular weight excluding hydrogens is 246 g/mol. The maximum absolute atomic E-state index is 11.3. The molecule has 1 N–H and O–H groups in total. The van der Waals surface area contributed by atoms with Gasteiger partial charge in [0.25, 0.3) is 0 Å². The van der Waals surface area contributed by atoms with Crippen LogP contribution in [0.25, 0.3) is 0 Å². The normalized spacial score (nSPS) is 10.1. The van der Waals surface area contributed by atoms with Gasteiger partial charge < -0.3 is 10.1 Å². The van der Waals surface area contributed by atoms with Crippen molar-refractivity contribution in [3.8, 4) is 0 Å². The van der Waals surface area contributed by atoms with E-state index in [4.69, 9.17) is 0 Å². The van der Waals surface area contributed by atoms with Gasteiger partial charge in [-0.1, -0.05) is 0 Å². The number of benzene rings is 1. The predicted molar refractivity (Wildman–Crippen MR) is 74.3 cm³/mol. The molecule has 0 amide bonds. The monoisotopic (exact) mass is 261 g/mol. The van der Waals surface area contributed by atoms with Crippen molar-refractivity contribution in [2.24, 2.45) is 0 Å². The Morgan fingerprint density at radius 3 is 2.67 bits per heavy atom. The van der Waals surface area contributed by atoms with Crippen LogP contribution < -0.4 is 5.32 Å². The van der Waals surface area contributed by atoms with Crippen LogP contribution in [0.2, 0.25) is 0 Å². The zero-order chi connectivity index (χ0) is 12.8. The van der Waals surface area contributed by atoms with Crippen molar-refractivity contribution in [2.45, 2.75) is 6.42 Å². The third-order valence-corrected chi connectivity index (χ3v) is 3.36. The van der Waals surface area contributed by atoms with Gasteiger partial charge >= 0.3 is 5.97 Å². The van der Waals surface area contributed by atoms with E-state index in [9.17, 15) is 4.79 Å². The van der Waals surface area contributed by atoms with E-state index < -0.39 is 0 Å². The van der Waals surface area contributed by atoms with Gasteiger partial charge in [0.1, 0.15) is 0 Å². The van der Waals surface area contributed by atoms with Crippen molar-refractivity contribution >= 4 is 23.0 Å². The van der Waals surface area contributed by atoms with Gasteiger partial charge in [0, 0.05) is 12.2 Å². The lowest BCUT2D eigenvalue weighted by molar-refractivity contribution is 0.0601. The number of ether oxygens (including phenoxy) is 1. The lowest BCUT2D eigenvalue weighted by Gasteiger charge is -2.06. The highest BCUT2D eigenvalue weighted by Crippen LogP contribution is 2.11. The molecule has 0 fully saturated rings. The molecule has 2 aromatic rings. The van der Waals surface area contributed by atoms with Gasteiger partial charge in [0.05, 0.1) is 12.7 Å². The molecule has 18 heavy (non-hydrogen) atoms. The van der Waals surface area contributed by atoms with Crippen LogP contribution in [0.1, 0.15) is 15.9 Å². The quantitative estimate of drug-likeness (QED) is 0.840. The van der Waals surface area contributed by atoms with Crippen molar-refractivity contribution in [2.75, 3.05) is 19.0 Å². The Balaban J connectivity index is 1.85. The average molecular weight is 261 g/mol. The fraction of sp³-hybridized carbons (Fsp3) is 0.214. The van der Waals surface area contributed by atoms with E-state index in [0.29, 0.717) is 5.56 Å². The number of nitrogens with one attached hydrogen (secondary N) is 1. The molecule has 0 spiro atoms. The molecule has 0 bridgehead atoms. The van der Waals surface area contributed by atoms with Crippen molar-refractivity contribution in [3.63, 3.8) is 0 Å². The lowest BCUT2D eigenvalue weighted by Crippen LogP contribution is -2.05. The second-order valence-corrected chi connectivity index (χ2v) is 4.66. The molecule has 1 aromatic heterocycles. The van der Waals surface area contributed by atoms with Crippen molar-refractivity contribution in [1.29, 1.82) is 0 Å². The van der Waals surface area contributed by atoms with Crippen LogP contribution in [-0.2, 0) is 11.2 Å². The predicted octanol–water partition coefficient (Wildman–Crippen LogP) is 3.19. The highest BCUT2D eigenvalue weighted by molar-refractivity contribution is 7.07. The second-order valence-electron chi connectivity index (χ2n) is 3.88. The molecule has 0 aliphatic carbocycles. The Morgan fingerprint density at radius 2 is 2.06 bits per heavy atom. The number of esters is 1. The van der Waals surface area contributed by atoms with Gasteiger partial charge in [-0.2, -0.15) is 11.3 Å². The number of carbonyl (C=O) groups is 1. The molecule has 0 saturated heterocycles. The number of carbonyl (C=O) groups excluding carboxylic acids is 1. The Kier molecular flexibility index (Phi) is 4.36. The third kappa shape index (κ3) is 3.34. The van der Waals surface area contributed by atoms with E-state index in [1.165, 1.54) is 12.7 Å². The van der Waals surface area contributed by atoms with E-state index in [1.807, 2.05) is 12.1 Å². The van der Waals surface area contributed by atoms with E-state index in [0.717, 1.165) is 18.7 Å². The highest BCUT2D eigenvalue weighted by atomic mass is 32.1. The van der Waals surface area contributed by atoms with Crippen LogP contribution in [0.4, 0.5) is 5.69 Å². The molecule has 0 aliphatic rings. The van der Waals surface area contributed by atoms with Gasteiger partial charge in [-0.05, 0) is 53.1 Å². The van der Waals surface area contributed by atoms with E-state index in [2.05, 4.69) is 26.9 Å². The molecule has 3 nitrogen and oxygen atoms in total. The molecule has 0 saturated carbocycles. The van der Waals surface area contributed by atoms with Gasteiger partial charge in [0.15, 0.2) is 0 Å². The topological polar surface area (TPSA) is 38.3 Å². The summed E-state index contributed by atoms with van der Waals surface area (Å²) in [5, 5.41) is 7.56. The van der Waals surface area contributed by atoms with Crippen LogP contribution in [-0.4, -0.2) is 19.6 Å². The summed E-state index contributed by atoms with van der Waals surface area (Å²) in [7, 11) is 1.38. The highest BCUT2D eigenvalue weighted by Gasteiger charge is 2.03. The lowest BCUT2D eigenvalue weighted by atomic mass is 10.2. The number of rotatable bonds is 5. The minimum Gasteiger partial charge on any atom is -0.465 e. The standard InChI is InChI=1S/C14H15NO2S/c1-17-14(16)12-2-4-13(5-3-12)15-8-6-11-7-9-18-10-11/h2-5,7,9-10,15H,6,8H2,1H3. The summed E-state index contributed by atoms with van der Waals surface area (Å²) in [5.74, 6) is -0.306. The van der Waals surface area contributed by atoms with Crippen molar-refractivity contribution in [3.05, 3.63) is 52.2 Å². The number of methoxy groups -OCH3 is 1. The molecule has 1 heterocycles. The molecule has 2 rings (SSSR count). The number of thiophene rings is 1. The van der Waals surface area contributed by atoms with Crippen LogP contribution in [0.3, 0.4) is 0 Å². The number of anilines is 1. The van der Waals surface area contributed by atoms with Crippen LogP contribution >= 0.6 is 11.3 Å². The van der Waals surface area contributed by atoms with Crippen molar-refractivity contribution < 1.29 is 9.53 Å². The maximum atomic E-state index is 11.3. The van der Waals surface area contributed by atoms with Crippen LogP contribution in [0, 0.1) is 0 Å². The smallest absolute Gasteiger partial charge is 0.337 e. The molecule has 1 aromatic carbocycles. The fourth-order valence-electron chi connectivity index (χ4n) is 1.63. The Morgan fingerprint density at radius 1 is 1.28 bits per heavy atom. The SMILES string of the molecule is COC(=O)c1ccc(NCCc2ccsc2)cc1. The van der Waals surface area contributed by atoms with E-state index in [1.54, 1.807) is 23.5 Å². The van der Waals surface area contributed by atoms with Crippen LogP contribution in [0.15, 0.2) is 41.1 Å². The van der Waals surface area contributed by atoms with Crippen LogP contribution in [0.5, 0.6) is 0 Å². The average Bonchev–Trinajstić information content (AvgIpc) is 2.92. The first kappa shape index (κ1) is 12.6. The second kappa shape index (κ2) is 6.21. The summed E-state index contributed by atoms with van der Waals surface area (Å²) in [6.07, 6.45) is 1.00. The summed E-state index contributed by atoms with van der Waals surface area (Å²) in [6.45, 7) is 0.883. The number of hydrogen-bond acceptors (Lipinski definition) is 4. The molecule has 94 valence electrons. The maximum Gasteiger partial charge on any atom is 0.337 e. The summed E-state index contributed by atoms with van der Waals surface area (Å²) in [5.41, 5.74) is 2.93. The first-order valence-electron chi connectivity index (χ1n) is 5.73. The summed E-state index contributed by atoms with van der Waals surface area (Å²) >= 11 is 1.71. The molecule has 0 atom stereocenters. The van der Waals surface area contributed by atoms with E-state index >= 15 is 0 Å². The zero-order valence-corrected chi connectivity index (χ0v) is 11.0. The van der Waals surface area contributed by atoms with Crippen molar-refractivity contribution in [1.82, 2.24) is 0 Å². The Hall–Kier alpha value is -1.81. The number of hydrogen-bond donors (Lipinski definition) is 1. The van der Waals surface area contributed by atoms with Gasteiger partial charge in [0.2, 0.25) is 0 Å². The molecular formula is C14H15NO2S. The molecule has 0 unspecified atom stereocenters. The summed E-state index contributed by atoms with van der Waals surface area (Å²) < 4.78 is 4.65. The Labute approximate surface area is 110 Å². The zero-order valence-electron chi connectivity index (χ0n) is 10.2. The minimum absolute atomic E-state index is 0.306. The molecule has 0 radical (unpaired) electrons. The summed E-state index contributed by atoms with van der Waals surface area (Å²) in [4.78, 5) is 11.3. The minimum atomic E-state index is -0.306. The molecule has 0 aliphatic heterocycles. The molecule has 4 heteroatoms. The third-order valence-electron chi connectivity index (χ3n) is 2.63.